The summed E-state index contributed by atoms with van der Waals surface area (Å²) in [5.41, 5.74) is 0. The van der Waals surface area contributed by atoms with Crippen molar-refractivity contribution in [2.45, 2.75) is 18.8 Å². The van der Waals surface area contributed by atoms with Gasteiger partial charge in [0.25, 0.3) is 0 Å². The van der Waals surface area contributed by atoms with Crippen molar-refractivity contribution in [2.75, 3.05) is 6.54 Å². The van der Waals surface area contributed by atoms with E-state index in [-0.39, 0.29) is 0 Å². The van der Waals surface area contributed by atoms with Crippen LogP contribution < -0.4 is 5.32 Å². The highest BCUT2D eigenvalue weighted by molar-refractivity contribution is 5.57. The van der Waals surface area contributed by atoms with Crippen LogP contribution in [0.15, 0.2) is 0 Å². The Kier molecular flexibility index (Phi) is 2.08. The van der Waals surface area contributed by atoms with Gasteiger partial charge in [-0.2, -0.15) is 0 Å². The Balaban J connectivity index is 2.33. The predicted octanol–water partition coefficient (Wildman–Crippen LogP) is -0.639. The molecule has 2 atom stereocenters. The van der Waals surface area contributed by atoms with Crippen LogP contribution in [-0.4, -0.2) is 35.2 Å². The summed E-state index contributed by atoms with van der Waals surface area (Å²) < 4.78 is 4.28. The molecule has 0 amide bonds. The highest BCUT2D eigenvalue weighted by atomic mass is 16.7. The molecule has 1 heterocycles. The molecule has 0 radical (unpaired) electrons. The second-order valence-corrected chi connectivity index (χ2v) is 2.11. The minimum atomic E-state index is -1.36. The SMILES string of the molecule is O=C(O)OC1NCCC1O. The normalized spacial score (nSPS) is 32.1. The zero-order chi connectivity index (χ0) is 7.56. The van der Waals surface area contributed by atoms with Gasteiger partial charge in [-0.25, -0.2) is 4.79 Å². The molecule has 0 bridgehead atoms. The molecule has 1 fully saturated rings. The molecule has 0 aromatic carbocycles. The van der Waals surface area contributed by atoms with Crippen LogP contribution in [0.5, 0.6) is 0 Å². The van der Waals surface area contributed by atoms with Crippen molar-refractivity contribution in [3.8, 4) is 0 Å². The fourth-order valence-electron chi connectivity index (χ4n) is 0.890. The van der Waals surface area contributed by atoms with Crippen molar-refractivity contribution in [1.82, 2.24) is 5.32 Å². The second-order valence-electron chi connectivity index (χ2n) is 2.11. The van der Waals surface area contributed by atoms with Crippen LogP contribution in [0.2, 0.25) is 0 Å². The maximum Gasteiger partial charge on any atom is 0.507 e. The molecular weight excluding hydrogens is 138 g/mol. The van der Waals surface area contributed by atoms with Gasteiger partial charge in [0.1, 0.15) is 6.10 Å². The summed E-state index contributed by atoms with van der Waals surface area (Å²) >= 11 is 0. The van der Waals surface area contributed by atoms with E-state index in [0.29, 0.717) is 13.0 Å². The fourth-order valence-corrected chi connectivity index (χ4v) is 0.890. The Morgan fingerprint density at radius 2 is 2.40 bits per heavy atom. The van der Waals surface area contributed by atoms with E-state index in [1.54, 1.807) is 0 Å². The van der Waals surface area contributed by atoms with Crippen LogP contribution in [-0.2, 0) is 4.74 Å². The zero-order valence-corrected chi connectivity index (χ0v) is 5.28. The molecule has 10 heavy (non-hydrogen) atoms. The maximum absolute atomic E-state index is 9.93. The highest BCUT2D eigenvalue weighted by Gasteiger charge is 2.27. The topological polar surface area (TPSA) is 78.8 Å². The number of rotatable bonds is 1. The van der Waals surface area contributed by atoms with Crippen molar-refractivity contribution < 1.29 is 19.7 Å². The average Bonchev–Trinajstić information content (AvgIpc) is 2.15. The Morgan fingerprint density at radius 1 is 1.70 bits per heavy atom. The number of aliphatic hydroxyl groups excluding tert-OH is 1. The summed E-state index contributed by atoms with van der Waals surface area (Å²) in [6, 6.07) is 0. The first-order chi connectivity index (χ1) is 4.70. The summed E-state index contributed by atoms with van der Waals surface area (Å²) in [7, 11) is 0. The quantitative estimate of drug-likeness (QED) is 0.430. The van der Waals surface area contributed by atoms with E-state index >= 15 is 0 Å². The molecule has 0 aromatic rings. The van der Waals surface area contributed by atoms with Gasteiger partial charge in [0.05, 0.1) is 0 Å². The van der Waals surface area contributed by atoms with Gasteiger partial charge in [0, 0.05) is 6.54 Å². The molecule has 0 aromatic heterocycles. The third kappa shape index (κ3) is 1.58. The number of aliphatic hydroxyl groups is 1. The van der Waals surface area contributed by atoms with Gasteiger partial charge in [-0.3, -0.25) is 5.32 Å². The largest absolute Gasteiger partial charge is 0.507 e. The summed E-state index contributed by atoms with van der Waals surface area (Å²) in [5.74, 6) is 0. The fraction of sp³-hybridized carbons (Fsp3) is 0.800. The van der Waals surface area contributed by atoms with Gasteiger partial charge in [-0.15, -0.1) is 0 Å². The maximum atomic E-state index is 9.93. The van der Waals surface area contributed by atoms with E-state index in [4.69, 9.17) is 10.2 Å². The molecule has 0 spiro atoms. The van der Waals surface area contributed by atoms with Crippen LogP contribution in [0.1, 0.15) is 6.42 Å². The number of ether oxygens (including phenoxy) is 1. The molecule has 0 saturated carbocycles. The van der Waals surface area contributed by atoms with Crippen molar-refractivity contribution in [1.29, 1.82) is 0 Å². The summed E-state index contributed by atoms with van der Waals surface area (Å²) in [4.78, 5) is 9.93. The number of carboxylic acid groups (broad SMARTS) is 1. The second kappa shape index (κ2) is 2.85. The van der Waals surface area contributed by atoms with Gasteiger partial charge in [-0.1, -0.05) is 0 Å². The summed E-state index contributed by atoms with van der Waals surface area (Å²) in [5, 5.41) is 19.8. The minimum Gasteiger partial charge on any atom is -0.450 e. The van der Waals surface area contributed by atoms with Crippen LogP contribution in [0.4, 0.5) is 4.79 Å². The molecule has 58 valence electrons. The van der Waals surface area contributed by atoms with E-state index in [1.807, 2.05) is 0 Å². The van der Waals surface area contributed by atoms with Gasteiger partial charge in [0.2, 0.25) is 0 Å². The minimum absolute atomic E-state index is 0.540. The monoisotopic (exact) mass is 147 g/mol. The van der Waals surface area contributed by atoms with E-state index in [1.165, 1.54) is 0 Å². The lowest BCUT2D eigenvalue weighted by molar-refractivity contribution is -0.0115. The molecule has 5 nitrogen and oxygen atoms in total. The first-order valence-corrected chi connectivity index (χ1v) is 3.01. The van der Waals surface area contributed by atoms with E-state index in [0.717, 1.165) is 0 Å². The van der Waals surface area contributed by atoms with Crippen LogP contribution >= 0.6 is 0 Å². The molecule has 1 aliphatic rings. The molecule has 2 unspecified atom stereocenters. The predicted molar refractivity (Wildman–Crippen MR) is 31.5 cm³/mol. The summed E-state index contributed by atoms with van der Waals surface area (Å²) in [6.45, 7) is 0.596. The van der Waals surface area contributed by atoms with Gasteiger partial charge in [-0.05, 0) is 6.42 Å². The Morgan fingerprint density at radius 3 is 2.80 bits per heavy atom. The molecule has 5 heteroatoms. The van der Waals surface area contributed by atoms with Gasteiger partial charge >= 0.3 is 6.16 Å². The lowest BCUT2D eigenvalue weighted by atomic mass is 10.3. The van der Waals surface area contributed by atoms with E-state index < -0.39 is 18.5 Å². The third-order valence-corrected chi connectivity index (χ3v) is 1.36. The standard InChI is InChI=1S/C5H9NO4/c7-3-1-2-6-4(3)10-5(8)9/h3-4,6-7H,1-2H2,(H,8,9). The van der Waals surface area contributed by atoms with E-state index in [2.05, 4.69) is 10.1 Å². The molecule has 1 rings (SSSR count). The Labute approximate surface area is 57.6 Å². The van der Waals surface area contributed by atoms with Gasteiger partial charge < -0.3 is 14.9 Å². The first-order valence-electron chi connectivity index (χ1n) is 3.01. The number of hydrogen-bond acceptors (Lipinski definition) is 4. The van der Waals surface area contributed by atoms with Crippen molar-refractivity contribution >= 4 is 6.16 Å². The van der Waals surface area contributed by atoms with Crippen LogP contribution in [0.25, 0.3) is 0 Å². The van der Waals surface area contributed by atoms with Crippen molar-refractivity contribution in [2.24, 2.45) is 0 Å². The zero-order valence-electron chi connectivity index (χ0n) is 5.28. The third-order valence-electron chi connectivity index (χ3n) is 1.36. The lowest BCUT2D eigenvalue weighted by Gasteiger charge is -2.12. The van der Waals surface area contributed by atoms with Crippen LogP contribution in [0, 0.1) is 0 Å². The Bertz CT molecular complexity index is 138. The number of hydrogen-bond donors (Lipinski definition) is 3. The lowest BCUT2D eigenvalue weighted by Crippen LogP contribution is -2.34. The molecule has 1 saturated heterocycles. The highest BCUT2D eigenvalue weighted by Crippen LogP contribution is 2.07. The molecule has 3 N–H and O–H groups in total. The van der Waals surface area contributed by atoms with Gasteiger partial charge in [0.15, 0.2) is 6.23 Å². The number of carbonyl (C=O) groups is 1. The van der Waals surface area contributed by atoms with Crippen molar-refractivity contribution in [3.63, 3.8) is 0 Å². The Hall–Kier alpha value is -0.810. The number of nitrogens with one attached hydrogen (secondary N) is 1. The molecule has 0 aliphatic carbocycles. The molecular formula is C5H9NO4. The smallest absolute Gasteiger partial charge is 0.450 e. The average molecular weight is 147 g/mol. The molecule has 1 aliphatic heterocycles. The first kappa shape index (κ1) is 7.30. The van der Waals surface area contributed by atoms with E-state index in [9.17, 15) is 4.79 Å². The summed E-state index contributed by atoms with van der Waals surface area (Å²) in [6.07, 6.45) is -2.26. The van der Waals surface area contributed by atoms with Crippen molar-refractivity contribution in [3.05, 3.63) is 0 Å². The van der Waals surface area contributed by atoms with Crippen LogP contribution in [0.3, 0.4) is 0 Å².